The molecule has 2 aromatic heterocycles. The third kappa shape index (κ3) is 3.09. The third-order valence-corrected chi connectivity index (χ3v) is 4.96. The maximum absolute atomic E-state index is 5.15. The van der Waals surface area contributed by atoms with Gasteiger partial charge in [0, 0.05) is 37.4 Å². The molecule has 1 fully saturated rings. The van der Waals surface area contributed by atoms with E-state index in [1.807, 2.05) is 12.3 Å². The van der Waals surface area contributed by atoms with Gasteiger partial charge in [-0.3, -0.25) is 4.98 Å². The van der Waals surface area contributed by atoms with Crippen molar-refractivity contribution in [3.05, 3.63) is 60.3 Å². The maximum atomic E-state index is 5.15. The van der Waals surface area contributed by atoms with Crippen LogP contribution in [0.15, 0.2) is 53.6 Å². The van der Waals surface area contributed by atoms with Crippen molar-refractivity contribution in [2.24, 2.45) is 0 Å². The number of anilines is 2. The van der Waals surface area contributed by atoms with Crippen LogP contribution in [0.4, 0.5) is 11.5 Å². The number of rotatable bonds is 3. The SMILES string of the molecule is Cc1cccc(N2CCN(c3cncc(-c4ccoc4)n3)CC2)c1C. The molecule has 0 N–H and O–H groups in total. The summed E-state index contributed by atoms with van der Waals surface area (Å²) in [4.78, 5) is 13.9. The first-order valence-corrected chi connectivity index (χ1v) is 8.63. The standard InChI is InChI=1S/C20H22N4O/c1-15-4-3-5-19(16(15)2)23-7-9-24(10-8-23)20-13-21-12-18(22-20)17-6-11-25-14-17/h3-6,11-14H,7-10H2,1-2H3. The first-order valence-electron chi connectivity index (χ1n) is 8.63. The van der Waals surface area contributed by atoms with Crippen LogP contribution in [0.25, 0.3) is 11.3 Å². The van der Waals surface area contributed by atoms with Crippen LogP contribution < -0.4 is 9.80 Å². The van der Waals surface area contributed by atoms with Gasteiger partial charge in [-0.2, -0.15) is 0 Å². The molecule has 0 saturated carbocycles. The zero-order valence-corrected chi connectivity index (χ0v) is 14.6. The normalized spacial score (nSPS) is 14.8. The Morgan fingerprint density at radius 1 is 0.960 bits per heavy atom. The molecule has 0 atom stereocenters. The molecule has 0 amide bonds. The molecule has 1 aromatic carbocycles. The second-order valence-corrected chi connectivity index (χ2v) is 6.47. The zero-order valence-electron chi connectivity index (χ0n) is 14.6. The second kappa shape index (κ2) is 6.59. The molecule has 0 radical (unpaired) electrons. The van der Waals surface area contributed by atoms with Crippen molar-refractivity contribution in [2.45, 2.75) is 13.8 Å². The van der Waals surface area contributed by atoms with E-state index < -0.39 is 0 Å². The summed E-state index contributed by atoms with van der Waals surface area (Å²) >= 11 is 0. The monoisotopic (exact) mass is 334 g/mol. The van der Waals surface area contributed by atoms with Gasteiger partial charge in [-0.15, -0.1) is 0 Å². The van der Waals surface area contributed by atoms with Gasteiger partial charge in [0.2, 0.25) is 0 Å². The van der Waals surface area contributed by atoms with E-state index in [0.29, 0.717) is 0 Å². The molecule has 5 nitrogen and oxygen atoms in total. The fourth-order valence-corrected chi connectivity index (χ4v) is 3.31. The minimum Gasteiger partial charge on any atom is -0.472 e. The summed E-state index contributed by atoms with van der Waals surface area (Å²) < 4.78 is 5.15. The lowest BCUT2D eigenvalue weighted by Gasteiger charge is -2.37. The van der Waals surface area contributed by atoms with Gasteiger partial charge >= 0.3 is 0 Å². The number of aryl methyl sites for hydroxylation is 1. The van der Waals surface area contributed by atoms with E-state index in [1.54, 1.807) is 18.7 Å². The largest absolute Gasteiger partial charge is 0.472 e. The number of hydrogen-bond donors (Lipinski definition) is 0. The molecular formula is C20H22N4O. The summed E-state index contributed by atoms with van der Waals surface area (Å²) in [5.74, 6) is 0.930. The van der Waals surface area contributed by atoms with Crippen LogP contribution in [0.3, 0.4) is 0 Å². The third-order valence-electron chi connectivity index (χ3n) is 4.96. The second-order valence-electron chi connectivity index (χ2n) is 6.47. The predicted octanol–water partition coefficient (Wildman–Crippen LogP) is 3.68. The van der Waals surface area contributed by atoms with E-state index >= 15 is 0 Å². The summed E-state index contributed by atoms with van der Waals surface area (Å²) in [7, 11) is 0. The van der Waals surface area contributed by atoms with Gasteiger partial charge in [-0.05, 0) is 37.1 Å². The first-order chi connectivity index (χ1) is 12.2. The van der Waals surface area contributed by atoms with Crippen LogP contribution in [0, 0.1) is 13.8 Å². The summed E-state index contributed by atoms with van der Waals surface area (Å²) in [5.41, 5.74) is 5.88. The number of hydrogen-bond acceptors (Lipinski definition) is 5. The number of nitrogens with zero attached hydrogens (tertiary/aromatic N) is 4. The van der Waals surface area contributed by atoms with Crippen molar-refractivity contribution in [1.82, 2.24) is 9.97 Å². The molecule has 1 saturated heterocycles. The Bertz CT molecular complexity index is 852. The summed E-state index contributed by atoms with van der Waals surface area (Å²) in [5, 5.41) is 0. The summed E-state index contributed by atoms with van der Waals surface area (Å²) in [6.07, 6.45) is 6.98. The number of benzene rings is 1. The molecule has 5 heteroatoms. The molecule has 4 rings (SSSR count). The van der Waals surface area contributed by atoms with Gasteiger partial charge in [0.05, 0.1) is 30.6 Å². The number of furan rings is 1. The summed E-state index contributed by atoms with van der Waals surface area (Å²) in [6, 6.07) is 8.44. The molecule has 3 aromatic rings. The minimum absolute atomic E-state index is 0.850. The van der Waals surface area contributed by atoms with Crippen LogP contribution in [-0.4, -0.2) is 36.1 Å². The number of piperazine rings is 1. The first kappa shape index (κ1) is 15.7. The van der Waals surface area contributed by atoms with Crippen LogP contribution in [-0.2, 0) is 0 Å². The van der Waals surface area contributed by atoms with E-state index in [9.17, 15) is 0 Å². The van der Waals surface area contributed by atoms with Crippen molar-refractivity contribution in [3.63, 3.8) is 0 Å². The summed E-state index contributed by atoms with van der Waals surface area (Å²) in [6.45, 7) is 8.24. The molecule has 3 heterocycles. The van der Waals surface area contributed by atoms with Crippen LogP contribution in [0.2, 0.25) is 0 Å². The molecule has 25 heavy (non-hydrogen) atoms. The molecule has 0 unspecified atom stereocenters. The smallest absolute Gasteiger partial charge is 0.147 e. The Hall–Kier alpha value is -2.82. The Morgan fingerprint density at radius 3 is 2.52 bits per heavy atom. The van der Waals surface area contributed by atoms with E-state index in [-0.39, 0.29) is 0 Å². The van der Waals surface area contributed by atoms with Crippen molar-refractivity contribution >= 4 is 11.5 Å². The Morgan fingerprint density at radius 2 is 1.76 bits per heavy atom. The van der Waals surface area contributed by atoms with Crippen LogP contribution in [0.5, 0.6) is 0 Å². The molecule has 0 spiro atoms. The highest BCUT2D eigenvalue weighted by Crippen LogP contribution is 2.25. The topological polar surface area (TPSA) is 45.4 Å². The van der Waals surface area contributed by atoms with E-state index in [1.165, 1.54) is 16.8 Å². The highest BCUT2D eigenvalue weighted by molar-refractivity contribution is 5.60. The number of aromatic nitrogens is 2. The molecule has 1 aliphatic heterocycles. The lowest BCUT2D eigenvalue weighted by atomic mass is 10.1. The highest BCUT2D eigenvalue weighted by atomic mass is 16.3. The average Bonchev–Trinajstić information content (AvgIpc) is 3.19. The molecule has 1 aliphatic rings. The molecule has 0 bridgehead atoms. The van der Waals surface area contributed by atoms with Gasteiger partial charge in [-0.25, -0.2) is 4.98 Å². The van der Waals surface area contributed by atoms with Gasteiger partial charge in [0.25, 0.3) is 0 Å². The highest BCUT2D eigenvalue weighted by Gasteiger charge is 2.20. The van der Waals surface area contributed by atoms with Gasteiger partial charge < -0.3 is 14.2 Å². The minimum atomic E-state index is 0.850. The van der Waals surface area contributed by atoms with Gasteiger partial charge in [0.1, 0.15) is 5.82 Å². The zero-order chi connectivity index (χ0) is 17.2. The van der Waals surface area contributed by atoms with E-state index in [0.717, 1.165) is 43.3 Å². The van der Waals surface area contributed by atoms with Crippen molar-refractivity contribution in [1.29, 1.82) is 0 Å². The van der Waals surface area contributed by atoms with Crippen LogP contribution >= 0.6 is 0 Å². The van der Waals surface area contributed by atoms with E-state index in [4.69, 9.17) is 9.40 Å². The quantitative estimate of drug-likeness (QED) is 0.731. The lowest BCUT2D eigenvalue weighted by Crippen LogP contribution is -2.47. The van der Waals surface area contributed by atoms with E-state index in [2.05, 4.69) is 46.8 Å². The van der Waals surface area contributed by atoms with Crippen molar-refractivity contribution in [3.8, 4) is 11.3 Å². The maximum Gasteiger partial charge on any atom is 0.147 e. The molecular weight excluding hydrogens is 312 g/mol. The fraction of sp³-hybridized carbons (Fsp3) is 0.300. The Kier molecular flexibility index (Phi) is 4.14. The van der Waals surface area contributed by atoms with Crippen molar-refractivity contribution < 1.29 is 4.42 Å². The molecule has 128 valence electrons. The van der Waals surface area contributed by atoms with Crippen LogP contribution in [0.1, 0.15) is 11.1 Å². The Balaban J connectivity index is 1.49. The Labute approximate surface area is 147 Å². The molecule has 0 aliphatic carbocycles. The van der Waals surface area contributed by atoms with Gasteiger partial charge in [0.15, 0.2) is 0 Å². The predicted molar refractivity (Wildman–Crippen MR) is 100 cm³/mol. The van der Waals surface area contributed by atoms with Gasteiger partial charge in [-0.1, -0.05) is 12.1 Å². The fourth-order valence-electron chi connectivity index (χ4n) is 3.31. The lowest BCUT2D eigenvalue weighted by molar-refractivity contribution is 0.568. The van der Waals surface area contributed by atoms with Crippen molar-refractivity contribution in [2.75, 3.05) is 36.0 Å². The average molecular weight is 334 g/mol.